The van der Waals surface area contributed by atoms with E-state index in [1.165, 1.54) is 11.6 Å². The summed E-state index contributed by atoms with van der Waals surface area (Å²) in [7, 11) is -3.19. The number of rotatable bonds is 3. The van der Waals surface area contributed by atoms with Crippen molar-refractivity contribution in [2.24, 2.45) is 0 Å². The van der Waals surface area contributed by atoms with Crippen molar-refractivity contribution in [3.05, 3.63) is 63.6 Å². The first-order chi connectivity index (χ1) is 9.00. The highest BCUT2D eigenvalue weighted by Crippen LogP contribution is 2.22. The van der Waals surface area contributed by atoms with Gasteiger partial charge in [-0.15, -0.1) is 0 Å². The van der Waals surface area contributed by atoms with Gasteiger partial charge in [0.2, 0.25) is 0 Å². The fourth-order valence-electron chi connectivity index (χ4n) is 1.44. The Morgan fingerprint density at radius 1 is 1.11 bits per heavy atom. The van der Waals surface area contributed by atoms with E-state index in [0.29, 0.717) is 10.6 Å². The van der Waals surface area contributed by atoms with Gasteiger partial charge in [-0.3, -0.25) is 0 Å². The lowest BCUT2D eigenvalue weighted by Crippen LogP contribution is -1.98. The predicted octanol–water partition coefficient (Wildman–Crippen LogP) is 4.46. The molecule has 0 radical (unpaired) electrons. The molecule has 0 amide bonds. The van der Waals surface area contributed by atoms with Crippen molar-refractivity contribution in [2.45, 2.75) is 5.03 Å². The van der Waals surface area contributed by atoms with E-state index in [0.717, 1.165) is 0 Å². The van der Waals surface area contributed by atoms with Gasteiger partial charge in [-0.1, -0.05) is 41.4 Å². The maximum atomic E-state index is 12.3. The van der Waals surface area contributed by atoms with Gasteiger partial charge in [-0.05, 0) is 29.8 Å². The molecule has 3 nitrogen and oxygen atoms in total. The van der Waals surface area contributed by atoms with Crippen LogP contribution >= 0.6 is 23.2 Å². The second-order valence-electron chi connectivity index (χ2n) is 3.72. The fraction of sp³-hybridized carbons (Fsp3) is 0. The third-order valence-corrected chi connectivity index (χ3v) is 4.54. The van der Waals surface area contributed by atoms with Gasteiger partial charge < -0.3 is 0 Å². The molecule has 0 saturated heterocycles. The van der Waals surface area contributed by atoms with Gasteiger partial charge in [0.1, 0.15) is 9.73 Å². The highest BCUT2D eigenvalue weighted by molar-refractivity contribution is 7.95. The van der Waals surface area contributed by atoms with Gasteiger partial charge in [0.05, 0.1) is 5.02 Å². The van der Waals surface area contributed by atoms with Gasteiger partial charge in [-0.2, -0.15) is 0 Å². The molecule has 0 saturated carbocycles. The minimum atomic E-state index is -3.19. The van der Waals surface area contributed by atoms with Crippen molar-refractivity contribution in [2.75, 3.05) is 0 Å². The van der Waals surface area contributed by atoms with Crippen LogP contribution in [0.2, 0.25) is 10.0 Å². The molecule has 1 N–H and O–H groups in total. The van der Waals surface area contributed by atoms with E-state index in [1.807, 2.05) is 6.07 Å². The molecule has 1 heterocycles. The summed E-state index contributed by atoms with van der Waals surface area (Å²) in [4.78, 5) is 3.91. The van der Waals surface area contributed by atoms with Crippen molar-refractivity contribution in [3.8, 4) is 0 Å². The molecule has 0 spiro atoms. The number of hydrogen-bond acceptors (Lipinski definition) is 3. The van der Waals surface area contributed by atoms with Gasteiger partial charge in [0, 0.05) is 16.6 Å². The van der Waals surface area contributed by atoms with Crippen LogP contribution in [-0.2, 0) is 9.73 Å². The lowest BCUT2D eigenvalue weighted by atomic mass is 10.2. The van der Waals surface area contributed by atoms with Crippen LogP contribution in [0.1, 0.15) is 5.56 Å². The smallest absolute Gasteiger partial charge is 0.158 e. The first kappa shape index (κ1) is 14.1. The first-order valence-corrected chi connectivity index (χ1v) is 7.70. The molecule has 0 fully saturated rings. The molecule has 1 aromatic heterocycles. The third kappa shape index (κ3) is 3.35. The minimum absolute atomic E-state index is 0.0555. The Balaban J connectivity index is 2.38. The molecule has 2 rings (SSSR count). The third-order valence-electron chi connectivity index (χ3n) is 2.36. The van der Waals surface area contributed by atoms with E-state index < -0.39 is 9.73 Å². The van der Waals surface area contributed by atoms with Crippen LogP contribution in [0.25, 0.3) is 6.08 Å². The van der Waals surface area contributed by atoms with Crippen LogP contribution in [0.15, 0.2) is 53.0 Å². The van der Waals surface area contributed by atoms with Gasteiger partial charge in [-0.25, -0.2) is 14.0 Å². The summed E-state index contributed by atoms with van der Waals surface area (Å²) in [6, 6.07) is 10.3. The number of hydrogen-bond donors (Lipinski definition) is 1. The molecule has 0 aliphatic rings. The number of halogens is 2. The summed E-state index contributed by atoms with van der Waals surface area (Å²) in [5.41, 5.74) is 0.691. The number of nitrogens with zero attached hydrogens (tertiary/aromatic N) is 1. The second kappa shape index (κ2) is 5.74. The molecule has 0 aliphatic heterocycles. The van der Waals surface area contributed by atoms with E-state index in [4.69, 9.17) is 28.0 Å². The summed E-state index contributed by atoms with van der Waals surface area (Å²) < 4.78 is 20.2. The monoisotopic (exact) mass is 312 g/mol. The molecule has 98 valence electrons. The zero-order valence-corrected chi connectivity index (χ0v) is 12.0. The topological polar surface area (TPSA) is 53.8 Å². The Morgan fingerprint density at radius 2 is 1.79 bits per heavy atom. The van der Waals surface area contributed by atoms with Crippen molar-refractivity contribution in [1.29, 1.82) is 4.78 Å². The van der Waals surface area contributed by atoms with Gasteiger partial charge >= 0.3 is 0 Å². The molecule has 1 aromatic carbocycles. The van der Waals surface area contributed by atoms with Crippen molar-refractivity contribution >= 4 is 39.0 Å². The Bertz CT molecular complexity index is 727. The SMILES string of the molecule is N=S(=O)(/C=C/c1ccccc1Cl)c1ncccc1Cl. The second-order valence-corrected chi connectivity index (χ2v) is 6.39. The molecular weight excluding hydrogens is 303 g/mol. The fourth-order valence-corrected chi connectivity index (χ4v) is 3.14. The van der Waals surface area contributed by atoms with Gasteiger partial charge in [0.25, 0.3) is 0 Å². The highest BCUT2D eigenvalue weighted by Gasteiger charge is 2.12. The van der Waals surface area contributed by atoms with Crippen LogP contribution < -0.4 is 0 Å². The standard InChI is InChI=1S/C13H10Cl2N2OS/c14-11-5-2-1-4-10(11)7-9-19(16,18)13-12(15)6-3-8-17-13/h1-9,16H/b9-7+. The van der Waals surface area contributed by atoms with Crippen LogP contribution in [-0.4, -0.2) is 9.19 Å². The molecule has 19 heavy (non-hydrogen) atoms. The summed E-state index contributed by atoms with van der Waals surface area (Å²) in [5, 5.41) is 2.06. The maximum absolute atomic E-state index is 12.3. The lowest BCUT2D eigenvalue weighted by Gasteiger charge is -2.03. The average molecular weight is 313 g/mol. The molecule has 1 atom stereocenters. The van der Waals surface area contributed by atoms with E-state index in [2.05, 4.69) is 4.98 Å². The number of aromatic nitrogens is 1. The summed E-state index contributed by atoms with van der Waals surface area (Å²) >= 11 is 11.9. The van der Waals surface area contributed by atoms with Crippen LogP contribution in [0.4, 0.5) is 0 Å². The zero-order chi connectivity index (χ0) is 13.9. The Hall–Kier alpha value is -1.36. The van der Waals surface area contributed by atoms with Crippen LogP contribution in [0.5, 0.6) is 0 Å². The zero-order valence-electron chi connectivity index (χ0n) is 9.72. The largest absolute Gasteiger partial charge is 0.244 e. The Morgan fingerprint density at radius 3 is 2.47 bits per heavy atom. The Labute approximate surface area is 121 Å². The quantitative estimate of drug-likeness (QED) is 0.909. The first-order valence-electron chi connectivity index (χ1n) is 5.33. The molecule has 2 aromatic rings. The molecule has 1 unspecified atom stereocenters. The molecule has 0 aliphatic carbocycles. The summed E-state index contributed by atoms with van der Waals surface area (Å²) in [6.45, 7) is 0. The average Bonchev–Trinajstić information content (AvgIpc) is 2.38. The van der Waals surface area contributed by atoms with Gasteiger partial charge in [0.15, 0.2) is 5.03 Å². The normalized spacial score (nSPS) is 14.4. The van der Waals surface area contributed by atoms with Crippen molar-refractivity contribution in [1.82, 2.24) is 4.98 Å². The molecular formula is C13H10Cl2N2OS. The Kier molecular flexibility index (Phi) is 4.24. The van der Waals surface area contributed by atoms with E-state index in [9.17, 15) is 4.21 Å². The van der Waals surface area contributed by atoms with E-state index in [1.54, 1.807) is 36.4 Å². The highest BCUT2D eigenvalue weighted by atomic mass is 35.5. The summed E-state index contributed by atoms with van der Waals surface area (Å²) in [5.74, 6) is 0. The van der Waals surface area contributed by atoms with Crippen molar-refractivity contribution < 1.29 is 4.21 Å². The number of benzene rings is 1. The van der Waals surface area contributed by atoms with E-state index >= 15 is 0 Å². The van der Waals surface area contributed by atoms with E-state index in [-0.39, 0.29) is 10.0 Å². The summed E-state index contributed by atoms with van der Waals surface area (Å²) in [6.07, 6.45) is 3.00. The van der Waals surface area contributed by atoms with Crippen LogP contribution in [0.3, 0.4) is 0 Å². The lowest BCUT2D eigenvalue weighted by molar-refractivity contribution is 0.678. The number of nitrogens with one attached hydrogen (secondary N) is 1. The molecule has 0 bridgehead atoms. The maximum Gasteiger partial charge on any atom is 0.158 e. The van der Waals surface area contributed by atoms with Crippen molar-refractivity contribution in [3.63, 3.8) is 0 Å². The molecule has 6 heteroatoms. The number of pyridine rings is 1. The predicted molar refractivity (Wildman–Crippen MR) is 78.9 cm³/mol. The van der Waals surface area contributed by atoms with Crippen LogP contribution in [0, 0.1) is 4.78 Å². The minimum Gasteiger partial charge on any atom is -0.244 e.